The minimum atomic E-state index is -0.374. The number of aliphatic hydroxyl groups is 1. The van der Waals surface area contributed by atoms with Gasteiger partial charge in [0.25, 0.3) is 0 Å². The van der Waals surface area contributed by atoms with Crippen molar-refractivity contribution in [2.45, 2.75) is 51.2 Å². The molecule has 1 aliphatic rings. The van der Waals surface area contributed by atoms with Crippen LogP contribution in [0.1, 0.15) is 44.6 Å². The number of aliphatic hydroxyl groups excluding tert-OH is 1. The molecule has 1 N–H and O–H groups in total. The number of benzene rings is 1. The summed E-state index contributed by atoms with van der Waals surface area (Å²) in [5.74, 6) is 0.667. The summed E-state index contributed by atoms with van der Waals surface area (Å²) in [6.45, 7) is 7.33. The van der Waals surface area contributed by atoms with Gasteiger partial charge < -0.3 is 14.7 Å². The highest BCUT2D eigenvalue weighted by Crippen LogP contribution is 2.27. The van der Waals surface area contributed by atoms with E-state index in [2.05, 4.69) is 35.2 Å². The van der Waals surface area contributed by atoms with E-state index in [9.17, 15) is 5.11 Å². The number of ether oxygens (including phenoxy) is 1. The molecule has 1 heterocycles. The second-order valence-corrected chi connectivity index (χ2v) is 6.38. The Labute approximate surface area is 128 Å². The molecule has 1 saturated heterocycles. The monoisotopic (exact) mass is 291 g/mol. The zero-order valence-electron chi connectivity index (χ0n) is 13.4. The molecule has 3 nitrogen and oxygen atoms in total. The highest BCUT2D eigenvalue weighted by Gasteiger charge is 2.20. The molecule has 0 bridgehead atoms. The molecule has 1 aromatic carbocycles. The van der Waals surface area contributed by atoms with Gasteiger partial charge in [0.05, 0.1) is 18.8 Å². The molecule has 1 fully saturated rings. The zero-order chi connectivity index (χ0) is 15.1. The molecular formula is C18H29NO2. The van der Waals surface area contributed by atoms with Crippen molar-refractivity contribution in [3.63, 3.8) is 0 Å². The minimum Gasteiger partial charge on any atom is -0.389 e. The van der Waals surface area contributed by atoms with Crippen molar-refractivity contribution in [1.29, 1.82) is 0 Å². The van der Waals surface area contributed by atoms with E-state index in [0.717, 1.165) is 19.6 Å². The highest BCUT2D eigenvalue weighted by molar-refractivity contribution is 5.19. The van der Waals surface area contributed by atoms with Crippen LogP contribution < -0.4 is 0 Å². The van der Waals surface area contributed by atoms with Crippen LogP contribution >= 0.6 is 0 Å². The first-order valence-corrected chi connectivity index (χ1v) is 8.22. The lowest BCUT2D eigenvalue weighted by molar-refractivity contribution is -0.00808. The molecule has 0 saturated carbocycles. The van der Waals surface area contributed by atoms with Gasteiger partial charge in [0.1, 0.15) is 0 Å². The van der Waals surface area contributed by atoms with Crippen LogP contribution in [-0.2, 0) is 4.74 Å². The molecule has 1 aromatic rings. The van der Waals surface area contributed by atoms with E-state index in [1.54, 1.807) is 0 Å². The Kier molecular flexibility index (Phi) is 6.68. The molecule has 2 unspecified atom stereocenters. The second kappa shape index (κ2) is 8.52. The molecule has 1 aliphatic heterocycles. The molecule has 3 heteroatoms. The predicted octanol–water partition coefficient (Wildman–Crippen LogP) is 3.04. The Bertz CT molecular complexity index is 393. The normalized spacial score (nSPS) is 22.2. The summed E-state index contributed by atoms with van der Waals surface area (Å²) in [5.41, 5.74) is 1.46. The standard InChI is InChI=1S/C18H29NO2/c1-15(2)21-14-18(20)13-19-11-6-9-17(10-12-19)16-7-4-3-5-8-16/h3-5,7-8,15,17-18,20H,6,9-14H2,1-2H3. The third kappa shape index (κ3) is 5.77. The zero-order valence-corrected chi connectivity index (χ0v) is 13.4. The summed E-state index contributed by atoms with van der Waals surface area (Å²) in [4.78, 5) is 2.39. The van der Waals surface area contributed by atoms with Crippen molar-refractivity contribution in [2.24, 2.45) is 0 Å². The molecule has 0 spiro atoms. The number of likely N-dealkylation sites (tertiary alicyclic amines) is 1. The fourth-order valence-corrected chi connectivity index (χ4v) is 3.05. The van der Waals surface area contributed by atoms with Crippen molar-refractivity contribution in [2.75, 3.05) is 26.2 Å². The summed E-state index contributed by atoms with van der Waals surface area (Å²) >= 11 is 0. The highest BCUT2D eigenvalue weighted by atomic mass is 16.5. The van der Waals surface area contributed by atoms with Gasteiger partial charge in [-0.05, 0) is 57.7 Å². The summed E-state index contributed by atoms with van der Waals surface area (Å²) in [5, 5.41) is 10.1. The second-order valence-electron chi connectivity index (χ2n) is 6.38. The molecule has 0 amide bonds. The van der Waals surface area contributed by atoms with E-state index in [-0.39, 0.29) is 12.2 Å². The number of hydrogen-bond donors (Lipinski definition) is 1. The van der Waals surface area contributed by atoms with Gasteiger partial charge in [0.15, 0.2) is 0 Å². The smallest absolute Gasteiger partial charge is 0.0900 e. The molecule has 118 valence electrons. The maximum absolute atomic E-state index is 10.1. The quantitative estimate of drug-likeness (QED) is 0.874. The summed E-state index contributed by atoms with van der Waals surface area (Å²) < 4.78 is 5.49. The van der Waals surface area contributed by atoms with Gasteiger partial charge in [-0.15, -0.1) is 0 Å². The third-order valence-electron chi connectivity index (χ3n) is 4.18. The summed E-state index contributed by atoms with van der Waals surface area (Å²) in [6, 6.07) is 10.8. The van der Waals surface area contributed by atoms with Gasteiger partial charge in [-0.3, -0.25) is 0 Å². The van der Waals surface area contributed by atoms with Crippen LogP contribution in [0.4, 0.5) is 0 Å². The van der Waals surface area contributed by atoms with Crippen LogP contribution in [0.2, 0.25) is 0 Å². The maximum Gasteiger partial charge on any atom is 0.0900 e. The fourth-order valence-electron chi connectivity index (χ4n) is 3.05. The van der Waals surface area contributed by atoms with Crippen LogP contribution in [0.25, 0.3) is 0 Å². The predicted molar refractivity (Wildman–Crippen MR) is 86.6 cm³/mol. The van der Waals surface area contributed by atoms with E-state index in [0.29, 0.717) is 12.5 Å². The van der Waals surface area contributed by atoms with Crippen molar-refractivity contribution >= 4 is 0 Å². The van der Waals surface area contributed by atoms with Crippen LogP contribution in [0.5, 0.6) is 0 Å². The number of hydrogen-bond acceptors (Lipinski definition) is 3. The Balaban J connectivity index is 1.78. The summed E-state index contributed by atoms with van der Waals surface area (Å²) in [6.07, 6.45) is 3.45. The summed E-state index contributed by atoms with van der Waals surface area (Å²) in [7, 11) is 0. The van der Waals surface area contributed by atoms with Gasteiger partial charge >= 0.3 is 0 Å². The Morgan fingerprint density at radius 2 is 1.95 bits per heavy atom. The maximum atomic E-state index is 10.1. The van der Waals surface area contributed by atoms with Crippen LogP contribution in [0.3, 0.4) is 0 Å². The van der Waals surface area contributed by atoms with E-state index in [4.69, 9.17) is 4.74 Å². The number of rotatable bonds is 6. The largest absolute Gasteiger partial charge is 0.389 e. The molecule has 21 heavy (non-hydrogen) atoms. The first-order chi connectivity index (χ1) is 10.1. The van der Waals surface area contributed by atoms with E-state index in [1.165, 1.54) is 24.8 Å². The van der Waals surface area contributed by atoms with Crippen molar-refractivity contribution < 1.29 is 9.84 Å². The van der Waals surface area contributed by atoms with Gasteiger partial charge in [-0.2, -0.15) is 0 Å². The lowest BCUT2D eigenvalue weighted by Gasteiger charge is -2.24. The lowest BCUT2D eigenvalue weighted by Crippen LogP contribution is -2.36. The van der Waals surface area contributed by atoms with Crippen molar-refractivity contribution in [1.82, 2.24) is 4.90 Å². The van der Waals surface area contributed by atoms with Gasteiger partial charge in [-0.25, -0.2) is 0 Å². The van der Waals surface area contributed by atoms with Gasteiger partial charge in [0.2, 0.25) is 0 Å². The Morgan fingerprint density at radius 1 is 1.19 bits per heavy atom. The van der Waals surface area contributed by atoms with Crippen molar-refractivity contribution in [3.8, 4) is 0 Å². The molecular weight excluding hydrogens is 262 g/mol. The first kappa shape index (κ1) is 16.5. The molecule has 0 aliphatic carbocycles. The Hall–Kier alpha value is -0.900. The topological polar surface area (TPSA) is 32.7 Å². The molecule has 0 radical (unpaired) electrons. The first-order valence-electron chi connectivity index (χ1n) is 8.22. The molecule has 2 atom stereocenters. The Morgan fingerprint density at radius 3 is 2.67 bits per heavy atom. The van der Waals surface area contributed by atoms with E-state index >= 15 is 0 Å². The SMILES string of the molecule is CC(C)OCC(O)CN1CCCC(c2ccccc2)CC1. The van der Waals surface area contributed by atoms with Gasteiger partial charge in [-0.1, -0.05) is 30.3 Å². The molecule has 2 rings (SSSR count). The van der Waals surface area contributed by atoms with Crippen LogP contribution in [-0.4, -0.2) is 48.5 Å². The van der Waals surface area contributed by atoms with Crippen LogP contribution in [0.15, 0.2) is 30.3 Å². The fraction of sp³-hybridized carbons (Fsp3) is 0.667. The van der Waals surface area contributed by atoms with Crippen molar-refractivity contribution in [3.05, 3.63) is 35.9 Å². The third-order valence-corrected chi connectivity index (χ3v) is 4.18. The number of β-amino-alcohol motifs (C(OH)–C–C–N with tert-alkyl or cyclic N) is 1. The average Bonchev–Trinajstić information content (AvgIpc) is 2.72. The minimum absolute atomic E-state index is 0.186. The van der Waals surface area contributed by atoms with E-state index < -0.39 is 0 Å². The molecule has 0 aromatic heterocycles. The van der Waals surface area contributed by atoms with Crippen LogP contribution in [0, 0.1) is 0 Å². The van der Waals surface area contributed by atoms with E-state index in [1.807, 2.05) is 13.8 Å². The number of nitrogens with zero attached hydrogens (tertiary/aromatic N) is 1. The van der Waals surface area contributed by atoms with Gasteiger partial charge in [0, 0.05) is 6.54 Å². The average molecular weight is 291 g/mol. The lowest BCUT2D eigenvalue weighted by atomic mass is 9.92.